The van der Waals surface area contributed by atoms with Gasteiger partial charge in [0.15, 0.2) is 0 Å². The first-order valence-corrected chi connectivity index (χ1v) is 8.18. The predicted octanol–water partition coefficient (Wildman–Crippen LogP) is 2.45. The van der Waals surface area contributed by atoms with E-state index in [9.17, 15) is 19.5 Å². The van der Waals surface area contributed by atoms with Crippen LogP contribution in [-0.4, -0.2) is 40.1 Å². The fourth-order valence-corrected chi connectivity index (χ4v) is 2.84. The normalized spacial score (nSPS) is 18.5. The minimum atomic E-state index is -1.18. The Kier molecular flexibility index (Phi) is 6.16. The number of β-lactam (4-membered cyclic amide) rings is 1. The number of aliphatic carboxylic acids is 1. The van der Waals surface area contributed by atoms with Gasteiger partial charge in [0.05, 0.1) is 6.04 Å². The van der Waals surface area contributed by atoms with E-state index in [0.717, 1.165) is 5.56 Å². The van der Waals surface area contributed by atoms with E-state index in [1.807, 2.05) is 30.3 Å². The molecule has 2 rings (SSSR count). The van der Waals surface area contributed by atoms with E-state index in [0.29, 0.717) is 12.0 Å². The summed E-state index contributed by atoms with van der Waals surface area (Å²) in [7, 11) is 0. The van der Waals surface area contributed by atoms with Crippen molar-refractivity contribution in [1.82, 2.24) is 10.2 Å². The number of likely N-dealkylation sites (tertiary alicyclic amines) is 1. The summed E-state index contributed by atoms with van der Waals surface area (Å²) in [6.45, 7) is 6.96. The Morgan fingerprint density at radius 3 is 2.50 bits per heavy atom. The molecule has 1 aliphatic heterocycles. The maximum absolute atomic E-state index is 12.4. The highest BCUT2D eigenvalue weighted by molar-refractivity contribution is 6.00. The Labute approximate surface area is 151 Å². The van der Waals surface area contributed by atoms with E-state index in [2.05, 4.69) is 11.9 Å². The van der Waals surface area contributed by atoms with Crippen LogP contribution in [-0.2, 0) is 20.9 Å². The number of carboxylic acid groups (broad SMARTS) is 1. The van der Waals surface area contributed by atoms with Gasteiger partial charge in [0.25, 0.3) is 5.91 Å². The molecule has 2 N–H and O–H groups in total. The molecular weight excluding hydrogens is 336 g/mol. The van der Waals surface area contributed by atoms with Gasteiger partial charge in [0.2, 0.25) is 0 Å². The number of nitrogens with zero attached hydrogens (tertiary/aromatic N) is 1. The molecular formula is C19H22N2O5. The predicted molar refractivity (Wildman–Crippen MR) is 95.0 cm³/mol. The van der Waals surface area contributed by atoms with Gasteiger partial charge in [-0.25, -0.2) is 9.59 Å². The van der Waals surface area contributed by atoms with E-state index in [1.54, 1.807) is 19.9 Å². The highest BCUT2D eigenvalue weighted by Gasteiger charge is 2.50. The van der Waals surface area contributed by atoms with Crippen LogP contribution in [0, 0.1) is 0 Å². The molecule has 0 aromatic heterocycles. The molecule has 0 bridgehead atoms. The molecule has 1 aromatic carbocycles. The second-order valence-corrected chi connectivity index (χ2v) is 6.14. The molecule has 7 heteroatoms. The number of benzene rings is 1. The van der Waals surface area contributed by atoms with E-state index >= 15 is 0 Å². The number of hydrogen-bond donors (Lipinski definition) is 2. The first-order valence-electron chi connectivity index (χ1n) is 8.18. The van der Waals surface area contributed by atoms with E-state index in [1.165, 1.54) is 4.90 Å². The maximum atomic E-state index is 12.4. The summed E-state index contributed by atoms with van der Waals surface area (Å²) < 4.78 is 5.12. The van der Waals surface area contributed by atoms with Crippen molar-refractivity contribution in [2.24, 2.45) is 0 Å². The molecule has 0 saturated carbocycles. The lowest BCUT2D eigenvalue weighted by molar-refractivity contribution is -0.152. The number of amides is 2. The molecule has 1 aromatic rings. The summed E-state index contributed by atoms with van der Waals surface area (Å²) in [6.07, 6.45) is 1.20. The topological polar surface area (TPSA) is 95.9 Å². The average Bonchev–Trinajstić information content (AvgIpc) is 2.61. The maximum Gasteiger partial charge on any atom is 0.408 e. The van der Waals surface area contributed by atoms with Crippen molar-refractivity contribution in [2.75, 3.05) is 0 Å². The SMILES string of the molecule is C=CC[C@@H]1[C@@H](NC(=O)OCc2ccccc2)C(=O)N1C(C(=O)O)=C(C)C. The zero-order valence-corrected chi connectivity index (χ0v) is 14.8. The van der Waals surface area contributed by atoms with Gasteiger partial charge >= 0.3 is 12.1 Å². The van der Waals surface area contributed by atoms with Crippen molar-refractivity contribution in [3.63, 3.8) is 0 Å². The van der Waals surface area contributed by atoms with Crippen LogP contribution in [0.5, 0.6) is 0 Å². The molecule has 1 saturated heterocycles. The van der Waals surface area contributed by atoms with Gasteiger partial charge < -0.3 is 15.2 Å². The van der Waals surface area contributed by atoms with Gasteiger partial charge in [0, 0.05) is 0 Å². The van der Waals surface area contributed by atoms with Crippen LogP contribution in [0.2, 0.25) is 0 Å². The van der Waals surface area contributed by atoms with Crippen molar-refractivity contribution in [1.29, 1.82) is 0 Å². The van der Waals surface area contributed by atoms with Crippen molar-refractivity contribution in [3.05, 3.63) is 59.8 Å². The number of alkyl carbamates (subject to hydrolysis) is 1. The largest absolute Gasteiger partial charge is 0.477 e. The number of carboxylic acids is 1. The average molecular weight is 358 g/mol. The molecule has 7 nitrogen and oxygen atoms in total. The third kappa shape index (κ3) is 4.11. The van der Waals surface area contributed by atoms with Crippen LogP contribution in [0.1, 0.15) is 25.8 Å². The highest BCUT2D eigenvalue weighted by atomic mass is 16.5. The fourth-order valence-electron chi connectivity index (χ4n) is 2.84. The van der Waals surface area contributed by atoms with Crippen LogP contribution in [0.4, 0.5) is 4.79 Å². The van der Waals surface area contributed by atoms with Crippen LogP contribution in [0.3, 0.4) is 0 Å². The first-order chi connectivity index (χ1) is 12.4. The molecule has 0 unspecified atom stereocenters. The van der Waals surface area contributed by atoms with Gasteiger partial charge in [-0.3, -0.25) is 9.69 Å². The number of carbonyl (C=O) groups is 3. The van der Waals surface area contributed by atoms with E-state index in [-0.39, 0.29) is 12.3 Å². The Bertz CT molecular complexity index is 738. The van der Waals surface area contributed by atoms with Gasteiger partial charge in [0.1, 0.15) is 18.3 Å². The summed E-state index contributed by atoms with van der Waals surface area (Å²) in [4.78, 5) is 37.1. The summed E-state index contributed by atoms with van der Waals surface area (Å²) in [5.41, 5.74) is 1.26. The summed E-state index contributed by atoms with van der Waals surface area (Å²) >= 11 is 0. The second-order valence-electron chi connectivity index (χ2n) is 6.14. The highest BCUT2D eigenvalue weighted by Crippen LogP contribution is 2.30. The number of hydrogen-bond acceptors (Lipinski definition) is 4. The molecule has 2 amide bonds. The number of nitrogens with one attached hydrogen (secondary N) is 1. The minimum Gasteiger partial charge on any atom is -0.477 e. The fraction of sp³-hybridized carbons (Fsp3) is 0.316. The van der Waals surface area contributed by atoms with Crippen LogP contribution < -0.4 is 5.32 Å². The van der Waals surface area contributed by atoms with Gasteiger partial charge in [-0.15, -0.1) is 6.58 Å². The molecule has 2 atom stereocenters. The summed E-state index contributed by atoms with van der Waals surface area (Å²) in [5.74, 6) is -1.66. The Morgan fingerprint density at radius 2 is 1.96 bits per heavy atom. The summed E-state index contributed by atoms with van der Waals surface area (Å²) in [6, 6.07) is 7.80. The second kappa shape index (κ2) is 8.33. The smallest absolute Gasteiger partial charge is 0.408 e. The lowest BCUT2D eigenvalue weighted by atomic mass is 9.90. The first kappa shape index (κ1) is 19.2. The van der Waals surface area contributed by atoms with Gasteiger partial charge in [-0.05, 0) is 31.4 Å². The third-order valence-corrected chi connectivity index (χ3v) is 4.03. The van der Waals surface area contributed by atoms with Crippen LogP contribution in [0.15, 0.2) is 54.3 Å². The molecule has 138 valence electrons. The Hall–Kier alpha value is -3.09. The van der Waals surface area contributed by atoms with E-state index in [4.69, 9.17) is 4.74 Å². The standard InChI is InChI=1S/C19H22N2O5/c1-4-8-14-15(17(22)21(14)16(12(2)3)18(23)24)20-19(25)26-11-13-9-6-5-7-10-13/h4-7,9-10,14-15H,1,8,11H2,2-3H3,(H,20,25)(H,23,24)/t14-,15-/m1/s1. The number of allylic oxidation sites excluding steroid dienone is 1. The molecule has 1 aliphatic rings. The lowest BCUT2D eigenvalue weighted by Crippen LogP contribution is -2.70. The van der Waals surface area contributed by atoms with E-state index < -0.39 is 30.1 Å². The minimum absolute atomic E-state index is 0.0717. The van der Waals surface area contributed by atoms with Gasteiger partial charge in [-0.2, -0.15) is 0 Å². The Balaban J connectivity index is 2.04. The summed E-state index contributed by atoms with van der Waals surface area (Å²) in [5, 5.41) is 11.9. The van der Waals surface area contributed by atoms with Gasteiger partial charge in [-0.1, -0.05) is 36.4 Å². The molecule has 0 radical (unpaired) electrons. The third-order valence-electron chi connectivity index (χ3n) is 4.03. The molecule has 1 heterocycles. The number of carbonyl (C=O) groups excluding carboxylic acids is 2. The quantitative estimate of drug-likeness (QED) is 0.443. The Morgan fingerprint density at radius 1 is 1.31 bits per heavy atom. The molecule has 26 heavy (non-hydrogen) atoms. The number of rotatable bonds is 7. The lowest BCUT2D eigenvalue weighted by Gasteiger charge is -2.47. The molecule has 0 aliphatic carbocycles. The molecule has 1 fully saturated rings. The van der Waals surface area contributed by atoms with Crippen LogP contribution >= 0.6 is 0 Å². The zero-order chi connectivity index (χ0) is 19.3. The van der Waals surface area contributed by atoms with Crippen molar-refractivity contribution < 1.29 is 24.2 Å². The monoisotopic (exact) mass is 358 g/mol. The van der Waals surface area contributed by atoms with Crippen molar-refractivity contribution in [3.8, 4) is 0 Å². The van der Waals surface area contributed by atoms with Crippen molar-refractivity contribution >= 4 is 18.0 Å². The zero-order valence-electron chi connectivity index (χ0n) is 14.8. The van der Waals surface area contributed by atoms with Crippen LogP contribution in [0.25, 0.3) is 0 Å². The van der Waals surface area contributed by atoms with Crippen molar-refractivity contribution in [2.45, 2.75) is 39.0 Å². The molecule has 0 spiro atoms. The number of ether oxygens (including phenoxy) is 1.